The lowest BCUT2D eigenvalue weighted by Crippen LogP contribution is -2.60. The Balaban J connectivity index is 2.40. The van der Waals surface area contributed by atoms with Crippen LogP contribution in [-0.4, -0.2) is 150 Å². The molecule has 0 aromatic heterocycles. The van der Waals surface area contributed by atoms with Crippen LogP contribution in [0.25, 0.3) is 0 Å². The number of phenolic OH excluding ortho intramolecular Hbond substituents is 1. The molecule has 1 heterocycles. The number of carbonyl (C=O) groups is 8. The number of hydrogen-bond acceptors (Lipinski definition) is 12. The van der Waals surface area contributed by atoms with Gasteiger partial charge in [0.1, 0.15) is 42.0 Å². The predicted molar refractivity (Wildman–Crippen MR) is 251 cm³/mol. The van der Waals surface area contributed by atoms with E-state index in [1.807, 2.05) is 13.8 Å². The highest BCUT2D eigenvalue weighted by molar-refractivity contribution is 5.97. The molecule has 8 amide bonds. The second kappa shape index (κ2) is 29.0. The second-order valence-electron chi connectivity index (χ2n) is 16.7. The van der Waals surface area contributed by atoms with E-state index in [1.54, 1.807) is 19.1 Å². The molecule has 0 saturated carbocycles. The summed E-state index contributed by atoms with van der Waals surface area (Å²) in [6.07, 6.45) is 2.58. The monoisotopic (exact) mass is 944 g/mol. The van der Waals surface area contributed by atoms with Crippen LogP contribution in [0.1, 0.15) is 91.0 Å². The number of likely N-dealkylation sites (tertiary alicyclic amines) is 1. The van der Waals surface area contributed by atoms with Crippen molar-refractivity contribution in [2.24, 2.45) is 50.3 Å². The maximum absolute atomic E-state index is 14.2. The van der Waals surface area contributed by atoms with Crippen molar-refractivity contribution in [1.82, 2.24) is 36.4 Å². The first-order valence-electron chi connectivity index (χ1n) is 22.7. The summed E-state index contributed by atoms with van der Waals surface area (Å²) in [6.45, 7) is 6.78. The number of hydrogen-bond donors (Lipinski definition) is 12. The Morgan fingerprint density at radius 1 is 0.761 bits per heavy atom. The van der Waals surface area contributed by atoms with Gasteiger partial charge < -0.3 is 75.9 Å². The van der Waals surface area contributed by atoms with Gasteiger partial charge in [0.05, 0.1) is 6.54 Å². The number of aliphatic imine (C=N–C) groups is 2. The molecule has 1 aromatic carbocycles. The Labute approximate surface area is 391 Å². The number of carbonyl (C=O) groups excluding carboxylic acids is 8. The minimum absolute atomic E-state index is 0.00861. The average Bonchev–Trinajstić information content (AvgIpc) is 3.77. The maximum Gasteiger partial charge on any atom is 0.246 e. The maximum atomic E-state index is 14.2. The Morgan fingerprint density at radius 3 is 1.82 bits per heavy atom. The lowest BCUT2D eigenvalue weighted by atomic mass is 10.0. The summed E-state index contributed by atoms with van der Waals surface area (Å²) < 4.78 is 0. The lowest BCUT2D eigenvalue weighted by Gasteiger charge is -2.30. The molecule has 0 radical (unpaired) electrons. The van der Waals surface area contributed by atoms with Gasteiger partial charge in [-0.2, -0.15) is 0 Å². The van der Waals surface area contributed by atoms with Crippen molar-refractivity contribution in [1.29, 1.82) is 0 Å². The summed E-state index contributed by atoms with van der Waals surface area (Å²) in [7, 11) is 0. The zero-order valence-electron chi connectivity index (χ0n) is 39.1. The molecule has 1 aromatic rings. The summed E-state index contributed by atoms with van der Waals surface area (Å²) in [6, 6.07) is -1.21. The third kappa shape index (κ3) is 20.1. The first-order chi connectivity index (χ1) is 31.7. The number of rotatable bonds is 29. The third-order valence-electron chi connectivity index (χ3n) is 11.0. The van der Waals surface area contributed by atoms with Crippen LogP contribution in [0.4, 0.5) is 0 Å². The molecule has 0 aliphatic carbocycles. The van der Waals surface area contributed by atoms with Crippen molar-refractivity contribution >= 4 is 59.2 Å². The van der Waals surface area contributed by atoms with E-state index in [4.69, 9.17) is 34.4 Å². The van der Waals surface area contributed by atoms with Gasteiger partial charge in [-0.25, -0.2) is 0 Å². The van der Waals surface area contributed by atoms with Crippen LogP contribution in [0.5, 0.6) is 5.75 Å². The topological polar surface area (TPSA) is 404 Å². The van der Waals surface area contributed by atoms with E-state index in [0.717, 1.165) is 0 Å². The number of nitrogens with zero attached hydrogens (tertiary/aromatic N) is 4. The number of guanidine groups is 2. The summed E-state index contributed by atoms with van der Waals surface area (Å²) in [5, 5.41) is 23.3. The van der Waals surface area contributed by atoms with E-state index >= 15 is 0 Å². The van der Waals surface area contributed by atoms with E-state index < -0.39 is 90.1 Å². The Bertz CT molecular complexity index is 1890. The highest BCUT2D eigenvalue weighted by Crippen LogP contribution is 2.21. The quantitative estimate of drug-likeness (QED) is 0.0212. The van der Waals surface area contributed by atoms with Gasteiger partial charge in [0.2, 0.25) is 47.3 Å². The Hall–Kier alpha value is -6.72. The molecular weight excluding hydrogens is 871 g/mol. The molecule has 24 heteroatoms. The third-order valence-corrected chi connectivity index (χ3v) is 11.0. The molecule has 2 rings (SSSR count). The van der Waals surface area contributed by atoms with Gasteiger partial charge in [0.15, 0.2) is 11.9 Å². The highest BCUT2D eigenvalue weighted by Gasteiger charge is 2.39. The molecule has 0 spiro atoms. The van der Waals surface area contributed by atoms with Crippen LogP contribution in [0, 0.1) is 5.92 Å². The highest BCUT2D eigenvalue weighted by atomic mass is 16.3. The molecule has 24 nitrogen and oxygen atoms in total. The van der Waals surface area contributed by atoms with Crippen molar-refractivity contribution in [2.75, 3.05) is 39.3 Å². The minimum atomic E-state index is -1.34. The van der Waals surface area contributed by atoms with E-state index in [9.17, 15) is 43.5 Å². The second-order valence-corrected chi connectivity index (χ2v) is 16.7. The fourth-order valence-corrected chi connectivity index (χ4v) is 7.37. The van der Waals surface area contributed by atoms with Crippen molar-refractivity contribution < 1.29 is 43.5 Å². The zero-order valence-corrected chi connectivity index (χ0v) is 39.1. The van der Waals surface area contributed by atoms with Gasteiger partial charge in [-0.15, -0.1) is 0 Å². The normalized spacial score (nSPS) is 15.8. The SMILES string of the molecule is CCC[C@H](NC(=O)[C@H](CCCN=C(N)N)NC(=O)[C@@H]1CCCN1C(=O)[C@H](CCCN=C(N)N)NC(C)=O)C(=O)N[C@@H](Cc1ccc(O)cc1)C(=O)N[C@@H](CN)C(=O)N(CC(N)=O)CC(C)CC. The smallest absolute Gasteiger partial charge is 0.246 e. The van der Waals surface area contributed by atoms with Crippen LogP contribution in [0.15, 0.2) is 34.3 Å². The lowest BCUT2D eigenvalue weighted by molar-refractivity contribution is -0.142. The molecule has 1 aliphatic rings. The first kappa shape index (κ1) is 56.4. The number of nitrogens with one attached hydrogen (secondary N) is 5. The molecule has 1 saturated heterocycles. The molecule has 7 atom stereocenters. The molecule has 1 unspecified atom stereocenters. The summed E-state index contributed by atoms with van der Waals surface area (Å²) >= 11 is 0. The summed E-state index contributed by atoms with van der Waals surface area (Å²) in [5.41, 5.74) is 33.8. The zero-order chi connectivity index (χ0) is 50.2. The van der Waals surface area contributed by atoms with Gasteiger partial charge in [0, 0.05) is 46.1 Å². The molecule has 1 aliphatic heterocycles. The number of nitrogens with two attached hydrogens (primary N) is 6. The molecule has 0 bridgehead atoms. The van der Waals surface area contributed by atoms with Crippen molar-refractivity contribution in [3.05, 3.63) is 29.8 Å². The number of aromatic hydroxyl groups is 1. The largest absolute Gasteiger partial charge is 0.508 e. The van der Waals surface area contributed by atoms with Crippen LogP contribution < -0.4 is 61.0 Å². The van der Waals surface area contributed by atoms with E-state index in [2.05, 4.69) is 36.6 Å². The summed E-state index contributed by atoms with van der Waals surface area (Å²) in [5.74, 6) is -5.65. The van der Waals surface area contributed by atoms with E-state index in [1.165, 1.54) is 28.9 Å². The molecule has 18 N–H and O–H groups in total. The van der Waals surface area contributed by atoms with Crippen LogP contribution >= 0.6 is 0 Å². The molecule has 374 valence electrons. The van der Waals surface area contributed by atoms with Crippen LogP contribution in [0.3, 0.4) is 0 Å². The van der Waals surface area contributed by atoms with Crippen molar-refractivity contribution in [3.8, 4) is 5.75 Å². The summed E-state index contributed by atoms with van der Waals surface area (Å²) in [4.78, 5) is 118. The average molecular weight is 944 g/mol. The van der Waals surface area contributed by atoms with Crippen LogP contribution in [0.2, 0.25) is 0 Å². The minimum Gasteiger partial charge on any atom is -0.508 e. The number of primary amides is 1. The molecule has 1 fully saturated rings. The number of phenols is 1. The van der Waals surface area contributed by atoms with E-state index in [0.29, 0.717) is 31.2 Å². The van der Waals surface area contributed by atoms with Crippen LogP contribution in [-0.2, 0) is 44.8 Å². The molecular formula is C43H73N15O9. The fraction of sp³-hybridized carbons (Fsp3) is 0.628. The van der Waals surface area contributed by atoms with Gasteiger partial charge >= 0.3 is 0 Å². The van der Waals surface area contributed by atoms with Gasteiger partial charge in [-0.1, -0.05) is 45.7 Å². The Morgan fingerprint density at radius 2 is 1.30 bits per heavy atom. The predicted octanol–water partition coefficient (Wildman–Crippen LogP) is -3.40. The van der Waals surface area contributed by atoms with Gasteiger partial charge in [-0.3, -0.25) is 48.3 Å². The van der Waals surface area contributed by atoms with Gasteiger partial charge in [-0.05, 0) is 68.6 Å². The first-order valence-corrected chi connectivity index (χ1v) is 22.7. The number of amides is 8. The van der Waals surface area contributed by atoms with Gasteiger partial charge in [0.25, 0.3) is 0 Å². The van der Waals surface area contributed by atoms with Crippen molar-refractivity contribution in [2.45, 2.75) is 128 Å². The number of benzene rings is 1. The standard InChI is InChI=1S/C43H73N15O9/c1-5-10-29(36(62)55-32(21-27-14-16-28(60)17-15-27)38(64)56-33(22-44)40(66)57(24-35(45)61)23-25(3)6-2)53-37(63)30(11-7-18-50-42(46)47)54-39(65)34-13-9-20-58(34)41(67)31(52-26(4)59)12-8-19-51-43(48)49/h14-17,25,29-34,60H,5-13,18-24,44H2,1-4H3,(H2,45,61)(H,52,59)(H,53,63)(H,54,65)(H,55,62)(H,56,64)(H4,46,47,50)(H4,48,49,51)/t25?,29-,30-,31-,32-,33-,34-/m0/s1. The fourth-order valence-electron chi connectivity index (χ4n) is 7.37. The molecule has 67 heavy (non-hydrogen) atoms. The van der Waals surface area contributed by atoms with Crippen molar-refractivity contribution in [3.63, 3.8) is 0 Å². The Kier molecular flexibility index (Phi) is 24.4. The van der Waals surface area contributed by atoms with E-state index in [-0.39, 0.29) is 94.8 Å².